The highest BCUT2D eigenvalue weighted by atomic mass is 32.1. The molecule has 3 heterocycles. The molecular formula is C24H20FN3O2S. The first-order chi connectivity index (χ1) is 15.1. The van der Waals surface area contributed by atoms with Crippen LogP contribution >= 0.6 is 11.3 Å². The van der Waals surface area contributed by atoms with Crippen LogP contribution in [0.4, 0.5) is 21.5 Å². The van der Waals surface area contributed by atoms with Crippen molar-refractivity contribution in [1.29, 1.82) is 0 Å². The largest absolute Gasteiger partial charge is 0.372 e. The maximum atomic E-state index is 13.4. The number of hydrogen-bond donors (Lipinski definition) is 1. The van der Waals surface area contributed by atoms with Gasteiger partial charge in [-0.25, -0.2) is 9.29 Å². The first-order valence-corrected chi connectivity index (χ1v) is 11.0. The monoisotopic (exact) mass is 433 g/mol. The molecule has 2 aromatic carbocycles. The zero-order valence-corrected chi connectivity index (χ0v) is 17.5. The van der Waals surface area contributed by atoms with Gasteiger partial charge in [-0.15, -0.1) is 11.3 Å². The van der Waals surface area contributed by atoms with Gasteiger partial charge < -0.3 is 10.2 Å². The van der Waals surface area contributed by atoms with E-state index in [0.29, 0.717) is 21.8 Å². The molecule has 31 heavy (non-hydrogen) atoms. The Kier molecular flexibility index (Phi) is 5.03. The van der Waals surface area contributed by atoms with Gasteiger partial charge in [0.15, 0.2) is 0 Å². The Bertz CT molecular complexity index is 1150. The van der Waals surface area contributed by atoms with Gasteiger partial charge in [0.1, 0.15) is 11.5 Å². The van der Waals surface area contributed by atoms with E-state index >= 15 is 0 Å². The molecular weight excluding hydrogens is 413 g/mol. The molecule has 0 aliphatic carbocycles. The number of rotatable bonds is 5. The van der Waals surface area contributed by atoms with E-state index in [1.54, 1.807) is 12.1 Å². The lowest BCUT2D eigenvalue weighted by molar-refractivity contribution is -0.120. The summed E-state index contributed by atoms with van der Waals surface area (Å²) in [6.07, 6.45) is 2.36. The summed E-state index contributed by atoms with van der Waals surface area (Å²) < 4.78 is 13.3. The van der Waals surface area contributed by atoms with E-state index in [4.69, 9.17) is 0 Å². The number of anilines is 3. The third-order valence-electron chi connectivity index (χ3n) is 5.54. The van der Waals surface area contributed by atoms with E-state index in [1.807, 2.05) is 41.8 Å². The van der Waals surface area contributed by atoms with Gasteiger partial charge >= 0.3 is 0 Å². The lowest BCUT2D eigenvalue weighted by Crippen LogP contribution is -2.32. The predicted molar refractivity (Wildman–Crippen MR) is 122 cm³/mol. The van der Waals surface area contributed by atoms with E-state index in [1.165, 1.54) is 41.2 Å². The van der Waals surface area contributed by atoms with Gasteiger partial charge in [-0.05, 0) is 72.8 Å². The maximum Gasteiger partial charge on any atom is 0.282 e. The summed E-state index contributed by atoms with van der Waals surface area (Å²) in [7, 11) is 0. The van der Waals surface area contributed by atoms with Crippen LogP contribution in [0.3, 0.4) is 0 Å². The molecule has 3 aromatic rings. The molecule has 0 atom stereocenters. The lowest BCUT2D eigenvalue weighted by Gasteiger charge is -2.20. The van der Waals surface area contributed by atoms with Gasteiger partial charge in [0.05, 0.1) is 11.3 Å². The number of halogens is 1. The average molecular weight is 434 g/mol. The zero-order chi connectivity index (χ0) is 21.4. The minimum Gasteiger partial charge on any atom is -0.372 e. The van der Waals surface area contributed by atoms with Crippen molar-refractivity contribution < 1.29 is 14.0 Å². The highest BCUT2D eigenvalue weighted by molar-refractivity contribution is 7.11. The predicted octanol–water partition coefficient (Wildman–Crippen LogP) is 4.88. The average Bonchev–Trinajstić information content (AvgIpc) is 3.53. The highest BCUT2D eigenvalue weighted by Crippen LogP contribution is 2.36. The number of hydrogen-bond acceptors (Lipinski definition) is 5. The molecule has 0 saturated carbocycles. The van der Waals surface area contributed by atoms with Crippen molar-refractivity contribution in [2.75, 3.05) is 28.2 Å². The van der Waals surface area contributed by atoms with Crippen molar-refractivity contribution in [2.45, 2.75) is 12.8 Å². The maximum absolute atomic E-state index is 13.4. The van der Waals surface area contributed by atoms with E-state index in [0.717, 1.165) is 18.8 Å². The van der Waals surface area contributed by atoms with Crippen LogP contribution in [-0.4, -0.2) is 24.9 Å². The van der Waals surface area contributed by atoms with Crippen molar-refractivity contribution in [1.82, 2.24) is 0 Å². The highest BCUT2D eigenvalue weighted by Gasteiger charge is 2.40. The van der Waals surface area contributed by atoms with Crippen LogP contribution in [0.1, 0.15) is 17.7 Å². The van der Waals surface area contributed by atoms with Crippen LogP contribution in [0.25, 0.3) is 5.57 Å². The molecule has 7 heteroatoms. The topological polar surface area (TPSA) is 52.7 Å². The molecule has 2 aliphatic rings. The summed E-state index contributed by atoms with van der Waals surface area (Å²) in [6, 6.07) is 16.9. The number of nitrogens with one attached hydrogen (secondary N) is 1. The van der Waals surface area contributed by atoms with Crippen LogP contribution in [0.15, 0.2) is 71.7 Å². The summed E-state index contributed by atoms with van der Waals surface area (Å²) in [5, 5.41) is 4.91. The third-order valence-corrected chi connectivity index (χ3v) is 6.43. The fourth-order valence-electron chi connectivity index (χ4n) is 3.99. The molecule has 156 valence electrons. The molecule has 2 amide bonds. The van der Waals surface area contributed by atoms with Gasteiger partial charge in [-0.2, -0.15) is 0 Å². The molecule has 1 fully saturated rings. The van der Waals surface area contributed by atoms with Crippen molar-refractivity contribution in [2.24, 2.45) is 0 Å². The molecule has 0 spiro atoms. The molecule has 2 aliphatic heterocycles. The standard InChI is InChI=1S/C24H20FN3O2S/c25-16-5-7-17(8-6-16)26-22-21(20-4-3-15-31-20)23(29)28(24(22)30)19-11-9-18(10-12-19)27-13-1-2-14-27/h3-12,15,26H,1-2,13-14H2. The fourth-order valence-corrected chi connectivity index (χ4v) is 4.76. The molecule has 0 radical (unpaired) electrons. The second kappa shape index (κ2) is 8.00. The number of carbonyl (C=O) groups is 2. The number of carbonyl (C=O) groups excluding carboxylic acids is 2. The molecule has 0 unspecified atom stereocenters. The summed E-state index contributed by atoms with van der Waals surface area (Å²) >= 11 is 1.39. The SMILES string of the molecule is O=C1C(Nc2ccc(F)cc2)=C(c2cccs2)C(=O)N1c1ccc(N2CCCC2)cc1. The summed E-state index contributed by atoms with van der Waals surface area (Å²) in [5.74, 6) is -1.16. The van der Waals surface area contributed by atoms with E-state index in [2.05, 4.69) is 10.2 Å². The van der Waals surface area contributed by atoms with E-state index in [-0.39, 0.29) is 17.4 Å². The Balaban J connectivity index is 1.49. The summed E-state index contributed by atoms with van der Waals surface area (Å²) in [4.78, 5) is 30.9. The normalized spacial score (nSPS) is 16.5. The van der Waals surface area contributed by atoms with Gasteiger partial charge in [-0.3, -0.25) is 9.59 Å². The Hall–Kier alpha value is -3.45. The fraction of sp³-hybridized carbons (Fsp3) is 0.167. The molecule has 1 N–H and O–H groups in total. The van der Waals surface area contributed by atoms with Crippen LogP contribution in [0, 0.1) is 5.82 Å². The summed E-state index contributed by atoms with van der Waals surface area (Å²) in [6.45, 7) is 2.05. The molecule has 1 saturated heterocycles. The minimum absolute atomic E-state index is 0.197. The number of amides is 2. The van der Waals surface area contributed by atoms with E-state index in [9.17, 15) is 14.0 Å². The Labute approximate surface area is 183 Å². The Morgan fingerprint density at radius 3 is 2.16 bits per heavy atom. The van der Waals surface area contributed by atoms with Crippen molar-refractivity contribution >= 4 is 45.8 Å². The molecule has 1 aromatic heterocycles. The summed E-state index contributed by atoms with van der Waals surface area (Å²) in [5.41, 5.74) is 2.69. The molecule has 0 bridgehead atoms. The number of thiophene rings is 1. The van der Waals surface area contributed by atoms with Crippen molar-refractivity contribution in [3.05, 3.63) is 82.4 Å². The van der Waals surface area contributed by atoms with Crippen LogP contribution in [0.2, 0.25) is 0 Å². The minimum atomic E-state index is -0.424. The Morgan fingerprint density at radius 2 is 1.52 bits per heavy atom. The van der Waals surface area contributed by atoms with Gasteiger partial charge in [0.2, 0.25) is 0 Å². The first kappa shape index (κ1) is 19.5. The van der Waals surface area contributed by atoms with Crippen LogP contribution < -0.4 is 15.1 Å². The molecule has 5 rings (SSSR count). The van der Waals surface area contributed by atoms with Gasteiger partial charge in [0.25, 0.3) is 11.8 Å². The molecule has 5 nitrogen and oxygen atoms in total. The van der Waals surface area contributed by atoms with Gasteiger partial charge in [0, 0.05) is 29.3 Å². The number of benzene rings is 2. The quantitative estimate of drug-likeness (QED) is 0.583. The second-order valence-corrected chi connectivity index (χ2v) is 8.46. The Morgan fingerprint density at radius 1 is 0.839 bits per heavy atom. The number of imide groups is 1. The van der Waals surface area contributed by atoms with Crippen molar-refractivity contribution in [3.8, 4) is 0 Å². The van der Waals surface area contributed by atoms with Gasteiger partial charge in [-0.1, -0.05) is 6.07 Å². The van der Waals surface area contributed by atoms with Crippen LogP contribution in [-0.2, 0) is 9.59 Å². The second-order valence-electron chi connectivity index (χ2n) is 7.52. The lowest BCUT2D eigenvalue weighted by atomic mass is 10.2. The zero-order valence-electron chi connectivity index (χ0n) is 16.7. The smallest absolute Gasteiger partial charge is 0.282 e. The third kappa shape index (κ3) is 3.61. The number of nitrogens with zero attached hydrogens (tertiary/aromatic N) is 2. The van der Waals surface area contributed by atoms with Crippen LogP contribution in [0.5, 0.6) is 0 Å². The first-order valence-electron chi connectivity index (χ1n) is 10.2. The van der Waals surface area contributed by atoms with Crippen molar-refractivity contribution in [3.63, 3.8) is 0 Å². The van der Waals surface area contributed by atoms with E-state index < -0.39 is 5.91 Å².